The maximum atomic E-state index is 13.2. The van der Waals surface area contributed by atoms with Crippen LogP contribution in [0.3, 0.4) is 0 Å². The second-order valence-corrected chi connectivity index (χ2v) is 10.5. The molecule has 0 spiro atoms. The van der Waals surface area contributed by atoms with E-state index in [1.165, 1.54) is 21.6 Å². The molecule has 31 heavy (non-hydrogen) atoms. The fourth-order valence-electron chi connectivity index (χ4n) is 3.74. The van der Waals surface area contributed by atoms with Crippen LogP contribution in [-0.4, -0.2) is 35.9 Å². The number of nitrogens with zero attached hydrogens (tertiary/aromatic N) is 2. The third kappa shape index (κ3) is 5.68. The molecule has 0 aliphatic carbocycles. The van der Waals surface area contributed by atoms with Crippen LogP contribution in [0.4, 0.5) is 5.13 Å². The molecular weight excluding hydrogens is 424 g/mol. The first kappa shape index (κ1) is 22.3. The van der Waals surface area contributed by atoms with E-state index in [2.05, 4.69) is 57.2 Å². The molecule has 1 saturated heterocycles. The molecule has 1 fully saturated rings. The molecule has 1 aromatic heterocycles. The minimum Gasteiger partial charge on any atom is -0.376 e. The Hall–Kier alpha value is -1.89. The van der Waals surface area contributed by atoms with Gasteiger partial charge in [0.15, 0.2) is 5.13 Å². The van der Waals surface area contributed by atoms with Crippen LogP contribution in [-0.2, 0) is 9.53 Å². The minimum absolute atomic E-state index is 0.112. The lowest BCUT2D eigenvalue weighted by Gasteiger charge is -2.23. The summed E-state index contributed by atoms with van der Waals surface area (Å²) in [5.74, 6) is 1.08. The molecule has 1 atom stereocenters. The standard InChI is InChI=1S/C25H30N2O2S2/c1-17-8-10-21(11-9-17)30-13-5-7-24(28)27(16-20-6-4-12-29-20)25-26-22-14-18(2)19(3)15-23(22)31-25/h8-11,14-15,20H,4-7,12-13,16H2,1-3H3. The second kappa shape index (κ2) is 10.2. The van der Waals surface area contributed by atoms with Crippen LogP contribution in [0.5, 0.6) is 0 Å². The number of rotatable bonds is 8. The van der Waals surface area contributed by atoms with Crippen molar-refractivity contribution < 1.29 is 9.53 Å². The summed E-state index contributed by atoms with van der Waals surface area (Å²) in [6.07, 6.45) is 3.57. The van der Waals surface area contributed by atoms with Crippen LogP contribution in [0.2, 0.25) is 0 Å². The van der Waals surface area contributed by atoms with Crippen molar-refractivity contribution in [1.82, 2.24) is 4.98 Å². The average Bonchev–Trinajstić information content (AvgIpc) is 3.40. The van der Waals surface area contributed by atoms with E-state index in [-0.39, 0.29) is 12.0 Å². The van der Waals surface area contributed by atoms with Gasteiger partial charge in [0.25, 0.3) is 0 Å². The first-order valence-corrected chi connectivity index (χ1v) is 12.8. The molecule has 1 amide bonds. The predicted octanol–water partition coefficient (Wildman–Crippen LogP) is 6.31. The Bertz CT molecular complexity index is 1000. The molecule has 164 valence electrons. The summed E-state index contributed by atoms with van der Waals surface area (Å²) in [4.78, 5) is 21.2. The Morgan fingerprint density at radius 3 is 2.71 bits per heavy atom. The predicted molar refractivity (Wildman–Crippen MR) is 132 cm³/mol. The summed E-state index contributed by atoms with van der Waals surface area (Å²) >= 11 is 3.42. The van der Waals surface area contributed by atoms with Crippen LogP contribution < -0.4 is 4.90 Å². The van der Waals surface area contributed by atoms with Crippen molar-refractivity contribution in [2.45, 2.75) is 57.5 Å². The molecule has 4 nitrogen and oxygen atoms in total. The molecule has 6 heteroatoms. The van der Waals surface area contributed by atoms with E-state index < -0.39 is 0 Å². The van der Waals surface area contributed by atoms with Gasteiger partial charge in [0, 0.05) is 17.9 Å². The molecule has 2 heterocycles. The van der Waals surface area contributed by atoms with E-state index in [9.17, 15) is 4.79 Å². The summed E-state index contributed by atoms with van der Waals surface area (Å²) in [6.45, 7) is 7.71. The molecule has 1 aliphatic rings. The van der Waals surface area contributed by atoms with Gasteiger partial charge in [0.1, 0.15) is 0 Å². The first-order chi connectivity index (χ1) is 15.0. The summed E-state index contributed by atoms with van der Waals surface area (Å²) < 4.78 is 6.98. The largest absolute Gasteiger partial charge is 0.376 e. The smallest absolute Gasteiger partial charge is 0.228 e. The van der Waals surface area contributed by atoms with Crippen LogP contribution in [0.1, 0.15) is 42.4 Å². The number of anilines is 1. The quantitative estimate of drug-likeness (QED) is 0.296. The normalized spacial score (nSPS) is 16.2. The van der Waals surface area contributed by atoms with Crippen molar-refractivity contribution in [1.29, 1.82) is 0 Å². The van der Waals surface area contributed by atoms with Crippen molar-refractivity contribution in [3.05, 3.63) is 53.1 Å². The summed E-state index contributed by atoms with van der Waals surface area (Å²) in [5.41, 5.74) is 4.73. The minimum atomic E-state index is 0.112. The third-order valence-electron chi connectivity index (χ3n) is 5.76. The van der Waals surface area contributed by atoms with Gasteiger partial charge in [-0.15, -0.1) is 11.8 Å². The molecular formula is C25H30N2O2S2. The number of carbonyl (C=O) groups excluding carboxylic acids is 1. The van der Waals surface area contributed by atoms with Crippen molar-refractivity contribution in [3.8, 4) is 0 Å². The molecule has 4 rings (SSSR count). The Balaban J connectivity index is 1.43. The van der Waals surface area contributed by atoms with E-state index in [1.807, 2.05) is 16.7 Å². The molecule has 0 N–H and O–H groups in total. The fraction of sp³-hybridized carbons (Fsp3) is 0.440. The fourth-order valence-corrected chi connectivity index (χ4v) is 5.67. The lowest BCUT2D eigenvalue weighted by atomic mass is 10.1. The van der Waals surface area contributed by atoms with Gasteiger partial charge in [0.2, 0.25) is 5.91 Å². The number of aryl methyl sites for hydroxylation is 3. The first-order valence-electron chi connectivity index (χ1n) is 11.0. The lowest BCUT2D eigenvalue weighted by Crippen LogP contribution is -2.37. The van der Waals surface area contributed by atoms with Crippen LogP contribution in [0.15, 0.2) is 41.3 Å². The van der Waals surface area contributed by atoms with Gasteiger partial charge in [-0.2, -0.15) is 0 Å². The van der Waals surface area contributed by atoms with Crippen LogP contribution in [0.25, 0.3) is 10.2 Å². The van der Waals surface area contributed by atoms with Crippen molar-refractivity contribution in [3.63, 3.8) is 0 Å². The monoisotopic (exact) mass is 454 g/mol. The molecule has 1 aliphatic heterocycles. The van der Waals surface area contributed by atoms with Gasteiger partial charge in [-0.3, -0.25) is 9.69 Å². The van der Waals surface area contributed by atoms with E-state index in [1.54, 1.807) is 11.3 Å². The number of carbonyl (C=O) groups is 1. The van der Waals surface area contributed by atoms with Crippen molar-refractivity contribution >= 4 is 44.4 Å². The number of ether oxygens (including phenoxy) is 1. The topological polar surface area (TPSA) is 42.4 Å². The SMILES string of the molecule is Cc1ccc(SCCCC(=O)N(CC2CCCO2)c2nc3cc(C)c(C)cc3s2)cc1. The zero-order valence-corrected chi connectivity index (χ0v) is 20.2. The number of thioether (sulfide) groups is 1. The van der Waals surface area contributed by atoms with Gasteiger partial charge < -0.3 is 4.74 Å². The molecule has 3 aromatic rings. The number of fused-ring (bicyclic) bond motifs is 1. The van der Waals surface area contributed by atoms with Gasteiger partial charge in [0.05, 0.1) is 22.9 Å². The van der Waals surface area contributed by atoms with E-state index in [0.29, 0.717) is 13.0 Å². The summed E-state index contributed by atoms with van der Waals surface area (Å²) in [5, 5.41) is 0.798. The molecule has 2 aromatic carbocycles. The van der Waals surface area contributed by atoms with Crippen molar-refractivity contribution in [2.75, 3.05) is 23.8 Å². The van der Waals surface area contributed by atoms with Gasteiger partial charge in [-0.1, -0.05) is 29.0 Å². The number of hydrogen-bond acceptors (Lipinski definition) is 5. The average molecular weight is 455 g/mol. The van der Waals surface area contributed by atoms with Gasteiger partial charge >= 0.3 is 0 Å². The van der Waals surface area contributed by atoms with Crippen LogP contribution in [0, 0.1) is 20.8 Å². The number of aromatic nitrogens is 1. The maximum Gasteiger partial charge on any atom is 0.228 e. The van der Waals surface area contributed by atoms with Gasteiger partial charge in [-0.05, 0) is 81.2 Å². The summed E-state index contributed by atoms with van der Waals surface area (Å²) in [6, 6.07) is 12.9. The molecule has 0 radical (unpaired) electrons. The zero-order valence-electron chi connectivity index (χ0n) is 18.5. The second-order valence-electron chi connectivity index (χ2n) is 8.31. The molecule has 0 bridgehead atoms. The number of benzene rings is 2. The maximum absolute atomic E-state index is 13.2. The highest BCUT2D eigenvalue weighted by Gasteiger charge is 2.26. The van der Waals surface area contributed by atoms with Crippen LogP contribution >= 0.6 is 23.1 Å². The van der Waals surface area contributed by atoms with E-state index in [4.69, 9.17) is 9.72 Å². The third-order valence-corrected chi connectivity index (χ3v) is 7.90. The Morgan fingerprint density at radius 1 is 1.19 bits per heavy atom. The van der Waals surface area contributed by atoms with E-state index in [0.717, 1.165) is 47.0 Å². The molecule has 1 unspecified atom stereocenters. The Morgan fingerprint density at radius 2 is 1.97 bits per heavy atom. The summed E-state index contributed by atoms with van der Waals surface area (Å²) in [7, 11) is 0. The highest BCUT2D eigenvalue weighted by Crippen LogP contribution is 2.32. The lowest BCUT2D eigenvalue weighted by molar-refractivity contribution is -0.119. The van der Waals surface area contributed by atoms with E-state index >= 15 is 0 Å². The Kier molecular flexibility index (Phi) is 7.31. The Labute approximate surface area is 193 Å². The zero-order chi connectivity index (χ0) is 21.8. The van der Waals surface area contributed by atoms with Gasteiger partial charge in [-0.25, -0.2) is 4.98 Å². The number of amides is 1. The van der Waals surface area contributed by atoms with Crippen molar-refractivity contribution in [2.24, 2.45) is 0 Å². The highest BCUT2D eigenvalue weighted by molar-refractivity contribution is 7.99. The highest BCUT2D eigenvalue weighted by atomic mass is 32.2. The number of hydrogen-bond donors (Lipinski definition) is 0. The number of thiazole rings is 1. The molecule has 0 saturated carbocycles.